The number of aromatic nitrogens is 1. The molecule has 0 N–H and O–H groups in total. The lowest BCUT2D eigenvalue weighted by Crippen LogP contribution is -2.30. The predicted octanol–water partition coefficient (Wildman–Crippen LogP) is 21.7. The number of para-hydroxylation sites is 2. The van der Waals surface area contributed by atoms with Gasteiger partial charge in [-0.3, -0.25) is 4.90 Å². The van der Waals surface area contributed by atoms with Crippen LogP contribution in [0.4, 0.5) is 17.2 Å². The molecule has 420 valence electrons. The van der Waals surface area contributed by atoms with Crippen molar-refractivity contribution in [1.82, 2.24) is 4.98 Å². The molecule has 0 unspecified atom stereocenters. The number of rotatable bonds is 7. The minimum absolute atomic E-state index is 0.259. The first-order valence-corrected chi connectivity index (χ1v) is 31.2. The molecule has 0 aliphatic heterocycles. The highest BCUT2D eigenvalue weighted by atomic mass is 16.3. The first-order valence-electron chi connectivity index (χ1n) is 31.2. The minimum atomic E-state index is -0.768. The molecule has 3 heterocycles. The van der Waals surface area contributed by atoms with Gasteiger partial charge in [-0.25, -0.2) is 4.98 Å². The Hall–Kier alpha value is -10.8. The van der Waals surface area contributed by atoms with Gasteiger partial charge in [-0.05, 0) is 172 Å². The monoisotopic (exact) mass is 1140 g/mol. The van der Waals surface area contributed by atoms with Crippen molar-refractivity contribution < 1.29 is 8.83 Å². The molecule has 0 saturated heterocycles. The van der Waals surface area contributed by atoms with Crippen molar-refractivity contribution in [3.63, 3.8) is 0 Å². The molecule has 0 spiro atoms. The Kier molecular flexibility index (Phi) is 10.1. The van der Waals surface area contributed by atoms with Crippen LogP contribution in [0.25, 0.3) is 88.4 Å². The first kappa shape index (κ1) is 50.4. The molecule has 89 heavy (non-hydrogen) atoms. The van der Waals surface area contributed by atoms with Gasteiger partial charge in [0.2, 0.25) is 0 Å². The number of pyridine rings is 1. The van der Waals surface area contributed by atoms with Gasteiger partial charge < -0.3 is 8.83 Å². The highest BCUT2D eigenvalue weighted by Crippen LogP contribution is 2.67. The average molecular weight is 1140 g/mol. The summed E-state index contributed by atoms with van der Waals surface area (Å²) in [7, 11) is 0. The minimum Gasteiger partial charge on any atom is -0.456 e. The molecule has 19 rings (SSSR count). The molecule has 15 aromatic rings. The van der Waals surface area contributed by atoms with E-state index in [1.807, 2.05) is 12.3 Å². The fourth-order valence-corrected chi connectivity index (χ4v) is 17.5. The van der Waals surface area contributed by atoms with Crippen molar-refractivity contribution in [2.75, 3.05) is 4.90 Å². The second kappa shape index (κ2) is 17.9. The third kappa shape index (κ3) is 6.40. The number of anilines is 3. The standard InChI is InChI=1S/C85H58N2O2/c1-82(2)64-36-20-17-33-58(64)76-77-61-35-19-22-38-71(61)89-81(77)78-59-43-41-55(47-66(59)83(3,4)80(78)79(76)82)87(73-39-23-24-46-86-73)56-40-42-57-62-49-69-63(50-68(62)85(67(57)48-56,53-29-13-7-14-30-53)54-31-15-8-16-32-54)74-65(44-45-72-75(74)60-34-18-21-37-70(60)88-72)84(69,51-25-9-5-10-26-51)52-27-11-6-12-28-52/h5-50H,1-4H3. The largest absolute Gasteiger partial charge is 0.456 e. The highest BCUT2D eigenvalue weighted by molar-refractivity contribution is 6.21. The van der Waals surface area contributed by atoms with Gasteiger partial charge in [0.25, 0.3) is 0 Å². The maximum atomic E-state index is 7.14. The van der Waals surface area contributed by atoms with E-state index in [4.69, 9.17) is 13.8 Å². The summed E-state index contributed by atoms with van der Waals surface area (Å²) in [5.41, 5.74) is 28.6. The Labute approximate surface area is 516 Å². The van der Waals surface area contributed by atoms with Crippen molar-refractivity contribution in [2.45, 2.75) is 49.4 Å². The second-order valence-corrected chi connectivity index (χ2v) is 25.9. The quantitative estimate of drug-likeness (QED) is 0.159. The lowest BCUT2D eigenvalue weighted by Gasteiger charge is -2.36. The Morgan fingerprint density at radius 2 is 0.798 bits per heavy atom. The molecule has 0 bridgehead atoms. The van der Waals surface area contributed by atoms with Crippen LogP contribution < -0.4 is 4.90 Å². The van der Waals surface area contributed by atoms with Crippen LogP contribution in [0.2, 0.25) is 0 Å². The summed E-state index contributed by atoms with van der Waals surface area (Å²) >= 11 is 0. The van der Waals surface area contributed by atoms with E-state index in [-0.39, 0.29) is 5.41 Å². The van der Waals surface area contributed by atoms with Crippen LogP contribution in [0.3, 0.4) is 0 Å². The Bertz CT molecular complexity index is 5400. The molecule has 3 aromatic heterocycles. The molecular weight excluding hydrogens is 1080 g/mol. The van der Waals surface area contributed by atoms with E-state index in [1.165, 1.54) is 117 Å². The summed E-state index contributed by atoms with van der Waals surface area (Å²) in [6.45, 7) is 9.71. The molecule has 0 atom stereocenters. The zero-order valence-electron chi connectivity index (χ0n) is 49.8. The highest BCUT2D eigenvalue weighted by Gasteiger charge is 2.53. The van der Waals surface area contributed by atoms with Crippen LogP contribution in [0.5, 0.6) is 0 Å². The zero-order chi connectivity index (χ0) is 59.1. The third-order valence-corrected chi connectivity index (χ3v) is 21.0. The smallest absolute Gasteiger partial charge is 0.144 e. The Balaban J connectivity index is 0.877. The summed E-state index contributed by atoms with van der Waals surface area (Å²) < 4.78 is 13.9. The second-order valence-electron chi connectivity index (χ2n) is 25.9. The number of hydrogen-bond acceptors (Lipinski definition) is 4. The van der Waals surface area contributed by atoms with E-state index in [1.54, 1.807) is 0 Å². The number of benzene rings is 12. The topological polar surface area (TPSA) is 42.4 Å². The van der Waals surface area contributed by atoms with Crippen molar-refractivity contribution >= 4 is 61.1 Å². The zero-order valence-corrected chi connectivity index (χ0v) is 49.8. The van der Waals surface area contributed by atoms with Crippen LogP contribution in [0, 0.1) is 0 Å². The summed E-state index contributed by atoms with van der Waals surface area (Å²) in [5, 5.41) is 4.62. The molecular formula is C85H58N2O2. The summed E-state index contributed by atoms with van der Waals surface area (Å²) in [6.07, 6.45) is 1.92. The number of hydrogen-bond donors (Lipinski definition) is 0. The predicted molar refractivity (Wildman–Crippen MR) is 363 cm³/mol. The summed E-state index contributed by atoms with van der Waals surface area (Å²) in [5.74, 6) is 0.834. The van der Waals surface area contributed by atoms with Crippen LogP contribution in [-0.2, 0) is 21.7 Å². The van der Waals surface area contributed by atoms with E-state index >= 15 is 0 Å². The van der Waals surface area contributed by atoms with Gasteiger partial charge in [-0.1, -0.05) is 234 Å². The van der Waals surface area contributed by atoms with Crippen LogP contribution in [0.15, 0.2) is 288 Å². The van der Waals surface area contributed by atoms with Crippen LogP contribution >= 0.6 is 0 Å². The SMILES string of the molecule is CC1(C)c2cc(N(c3ccc4c(c3)C(c3ccccc3)(c3ccccc3)c3cc5c(cc3-4)C(c3ccccc3)(c3ccccc3)c3ccc4oc6ccccc6c4c3-5)c3ccccn3)ccc2-c2c1c1c(c3c2oc2ccccc23)-c2ccccc2C1(C)C. The van der Waals surface area contributed by atoms with Crippen molar-refractivity contribution in [1.29, 1.82) is 0 Å². The molecule has 0 saturated carbocycles. The van der Waals surface area contributed by atoms with E-state index in [2.05, 4.69) is 300 Å². The number of furan rings is 2. The molecule has 4 nitrogen and oxygen atoms in total. The first-order chi connectivity index (χ1) is 43.7. The van der Waals surface area contributed by atoms with Gasteiger partial charge in [0.05, 0.1) is 10.8 Å². The van der Waals surface area contributed by atoms with Crippen molar-refractivity contribution in [2.24, 2.45) is 0 Å². The van der Waals surface area contributed by atoms with Crippen molar-refractivity contribution in [3.05, 3.63) is 346 Å². The lowest BCUT2D eigenvalue weighted by atomic mass is 9.66. The van der Waals surface area contributed by atoms with Gasteiger partial charge in [0.15, 0.2) is 0 Å². The van der Waals surface area contributed by atoms with Gasteiger partial charge in [-0.2, -0.15) is 0 Å². The average Bonchev–Trinajstić information content (AvgIpc) is 1.53. The molecule has 0 radical (unpaired) electrons. The molecule has 12 aromatic carbocycles. The van der Waals surface area contributed by atoms with Gasteiger partial charge >= 0.3 is 0 Å². The van der Waals surface area contributed by atoms with Crippen LogP contribution in [0.1, 0.15) is 94.5 Å². The normalized spacial score (nSPS) is 15.3. The van der Waals surface area contributed by atoms with Crippen molar-refractivity contribution in [3.8, 4) is 44.5 Å². The van der Waals surface area contributed by atoms with E-state index in [0.717, 1.165) is 55.7 Å². The Morgan fingerprint density at radius 3 is 1.44 bits per heavy atom. The van der Waals surface area contributed by atoms with Gasteiger partial charge in [-0.15, -0.1) is 0 Å². The molecule has 0 amide bonds. The number of nitrogens with zero attached hydrogens (tertiary/aromatic N) is 2. The van der Waals surface area contributed by atoms with Gasteiger partial charge in [0.1, 0.15) is 28.1 Å². The molecule has 0 fully saturated rings. The maximum Gasteiger partial charge on any atom is 0.144 e. The van der Waals surface area contributed by atoms with E-state index < -0.39 is 16.2 Å². The summed E-state index contributed by atoms with van der Waals surface area (Å²) in [4.78, 5) is 7.61. The third-order valence-electron chi connectivity index (χ3n) is 21.0. The Morgan fingerprint density at radius 1 is 0.315 bits per heavy atom. The molecule has 4 aliphatic rings. The fourth-order valence-electron chi connectivity index (χ4n) is 17.5. The molecule has 4 heteroatoms. The van der Waals surface area contributed by atoms with E-state index in [0.29, 0.717) is 0 Å². The number of fused-ring (bicyclic) bond motifs is 22. The lowest BCUT2D eigenvalue weighted by molar-refractivity contribution is 0.600. The maximum absolute atomic E-state index is 7.14. The van der Waals surface area contributed by atoms with E-state index in [9.17, 15) is 0 Å². The molecule has 4 aliphatic carbocycles. The summed E-state index contributed by atoms with van der Waals surface area (Å²) in [6, 6.07) is 101. The fraction of sp³-hybridized carbons (Fsp3) is 0.0941. The van der Waals surface area contributed by atoms with Crippen LogP contribution in [-0.4, -0.2) is 4.98 Å². The van der Waals surface area contributed by atoms with Gasteiger partial charge in [0, 0.05) is 55.5 Å².